The molecule has 1 aromatic carbocycles. The van der Waals surface area contributed by atoms with Crippen LogP contribution in [0.5, 0.6) is 0 Å². The van der Waals surface area contributed by atoms with E-state index in [0.717, 1.165) is 0 Å². The highest BCUT2D eigenvalue weighted by molar-refractivity contribution is 5.89. The van der Waals surface area contributed by atoms with Crippen LogP contribution in [0.4, 0.5) is 5.69 Å². The second-order valence-electron chi connectivity index (χ2n) is 4.95. The van der Waals surface area contributed by atoms with Gasteiger partial charge in [0.15, 0.2) is 0 Å². The maximum Gasteiger partial charge on any atom is 0.338 e. The van der Waals surface area contributed by atoms with Crippen LogP contribution in [0.25, 0.3) is 0 Å². The van der Waals surface area contributed by atoms with E-state index in [9.17, 15) is 19.7 Å². The van der Waals surface area contributed by atoms with E-state index in [0.29, 0.717) is 19.3 Å². The third-order valence-corrected chi connectivity index (χ3v) is 3.46. The first-order valence-electron chi connectivity index (χ1n) is 6.52. The Balaban J connectivity index is 1.81. The molecular weight excluding hydrogens is 278 g/mol. The summed E-state index contributed by atoms with van der Waals surface area (Å²) in [7, 11) is 1.34. The number of esters is 2. The summed E-state index contributed by atoms with van der Waals surface area (Å²) < 4.78 is 9.83. The predicted octanol–water partition coefficient (Wildman–Crippen LogP) is 2.09. The Morgan fingerprint density at radius 1 is 1.29 bits per heavy atom. The van der Waals surface area contributed by atoms with Gasteiger partial charge in [-0.25, -0.2) is 4.79 Å². The van der Waals surface area contributed by atoms with E-state index in [1.54, 1.807) is 0 Å². The summed E-state index contributed by atoms with van der Waals surface area (Å²) in [5, 5.41) is 10.5. The highest BCUT2D eigenvalue weighted by Gasteiger charge is 2.34. The van der Waals surface area contributed by atoms with Crippen LogP contribution >= 0.6 is 0 Å². The summed E-state index contributed by atoms with van der Waals surface area (Å²) in [4.78, 5) is 32.9. The highest BCUT2D eigenvalue weighted by Crippen LogP contribution is 2.33. The standard InChI is InChI=1S/C14H15NO6/c1-20-13(16)8-9-6-12(7-9)21-14(17)10-2-4-11(5-3-10)15(18)19/h2-5,9,12H,6-8H2,1H3/t9-,12-. The molecule has 0 aromatic heterocycles. The maximum absolute atomic E-state index is 11.8. The van der Waals surface area contributed by atoms with Crippen LogP contribution in [-0.4, -0.2) is 30.1 Å². The third kappa shape index (κ3) is 3.77. The van der Waals surface area contributed by atoms with E-state index >= 15 is 0 Å². The molecule has 1 aliphatic rings. The van der Waals surface area contributed by atoms with Crippen molar-refractivity contribution >= 4 is 17.6 Å². The van der Waals surface area contributed by atoms with E-state index in [4.69, 9.17) is 4.74 Å². The average molecular weight is 293 g/mol. The molecule has 112 valence electrons. The Kier molecular flexibility index (Phi) is 4.52. The van der Waals surface area contributed by atoms with Gasteiger partial charge in [-0.3, -0.25) is 14.9 Å². The van der Waals surface area contributed by atoms with Crippen LogP contribution in [-0.2, 0) is 14.3 Å². The summed E-state index contributed by atoms with van der Waals surface area (Å²) in [6.07, 6.45) is 1.39. The molecule has 0 bridgehead atoms. The van der Waals surface area contributed by atoms with Crippen molar-refractivity contribution in [3.05, 3.63) is 39.9 Å². The van der Waals surface area contributed by atoms with Gasteiger partial charge in [0.2, 0.25) is 0 Å². The van der Waals surface area contributed by atoms with Gasteiger partial charge < -0.3 is 9.47 Å². The first-order valence-corrected chi connectivity index (χ1v) is 6.52. The van der Waals surface area contributed by atoms with Crippen molar-refractivity contribution in [3.8, 4) is 0 Å². The monoisotopic (exact) mass is 293 g/mol. The van der Waals surface area contributed by atoms with Gasteiger partial charge in [-0.05, 0) is 30.9 Å². The van der Waals surface area contributed by atoms with Crippen molar-refractivity contribution in [2.45, 2.75) is 25.4 Å². The van der Waals surface area contributed by atoms with E-state index in [-0.39, 0.29) is 29.2 Å². The van der Waals surface area contributed by atoms with Gasteiger partial charge in [0.05, 0.1) is 17.6 Å². The van der Waals surface area contributed by atoms with Crippen molar-refractivity contribution in [2.24, 2.45) is 5.92 Å². The van der Waals surface area contributed by atoms with E-state index < -0.39 is 10.9 Å². The summed E-state index contributed by atoms with van der Waals surface area (Å²) in [6, 6.07) is 5.25. The Labute approximate surface area is 121 Å². The average Bonchev–Trinajstić information content (AvgIpc) is 2.44. The minimum atomic E-state index is -0.529. The number of carbonyl (C=O) groups excluding carboxylic acids is 2. The number of rotatable bonds is 5. The van der Waals surface area contributed by atoms with E-state index in [1.807, 2.05) is 0 Å². The maximum atomic E-state index is 11.8. The number of hydrogen-bond acceptors (Lipinski definition) is 6. The molecule has 1 aliphatic carbocycles. The van der Waals surface area contributed by atoms with Gasteiger partial charge in [0.1, 0.15) is 6.10 Å². The Hall–Kier alpha value is -2.44. The summed E-state index contributed by atoms with van der Waals surface area (Å²) in [6.45, 7) is 0. The fraction of sp³-hybridized carbons (Fsp3) is 0.429. The molecular formula is C14H15NO6. The molecule has 0 spiro atoms. The molecule has 21 heavy (non-hydrogen) atoms. The van der Waals surface area contributed by atoms with E-state index in [1.165, 1.54) is 31.4 Å². The van der Waals surface area contributed by atoms with Crippen LogP contribution in [0.2, 0.25) is 0 Å². The van der Waals surface area contributed by atoms with Gasteiger partial charge in [-0.1, -0.05) is 0 Å². The zero-order valence-corrected chi connectivity index (χ0v) is 11.5. The minimum absolute atomic E-state index is 0.0756. The van der Waals surface area contributed by atoms with Crippen molar-refractivity contribution in [1.29, 1.82) is 0 Å². The van der Waals surface area contributed by atoms with E-state index in [2.05, 4.69) is 4.74 Å². The SMILES string of the molecule is COC(=O)C[C@H]1C[C@H](OC(=O)c2ccc([N+](=O)[O-])cc2)C1. The molecule has 2 rings (SSSR count). The number of hydrogen-bond donors (Lipinski definition) is 0. The lowest BCUT2D eigenvalue weighted by atomic mass is 9.80. The Bertz CT molecular complexity index is 547. The zero-order valence-electron chi connectivity index (χ0n) is 11.5. The lowest BCUT2D eigenvalue weighted by molar-refractivity contribution is -0.384. The number of benzene rings is 1. The van der Waals surface area contributed by atoms with Crippen molar-refractivity contribution in [1.82, 2.24) is 0 Å². The van der Waals surface area contributed by atoms with Gasteiger partial charge in [0, 0.05) is 18.6 Å². The second kappa shape index (κ2) is 6.34. The molecule has 1 aromatic rings. The number of carbonyl (C=O) groups is 2. The van der Waals surface area contributed by atoms with Crippen LogP contribution in [0.1, 0.15) is 29.6 Å². The Morgan fingerprint density at radius 3 is 2.43 bits per heavy atom. The van der Waals surface area contributed by atoms with Gasteiger partial charge in [-0.15, -0.1) is 0 Å². The smallest absolute Gasteiger partial charge is 0.338 e. The number of nitro benzene ring substituents is 1. The highest BCUT2D eigenvalue weighted by atomic mass is 16.6. The molecule has 0 heterocycles. The van der Waals surface area contributed by atoms with Crippen molar-refractivity contribution < 1.29 is 24.0 Å². The number of nitrogens with zero attached hydrogens (tertiary/aromatic N) is 1. The number of methoxy groups -OCH3 is 1. The van der Waals surface area contributed by atoms with Crippen molar-refractivity contribution in [3.63, 3.8) is 0 Å². The van der Waals surface area contributed by atoms with Crippen LogP contribution in [0.3, 0.4) is 0 Å². The quantitative estimate of drug-likeness (QED) is 0.468. The first-order chi connectivity index (χ1) is 9.99. The van der Waals surface area contributed by atoms with Crippen LogP contribution < -0.4 is 0 Å². The molecule has 0 saturated heterocycles. The van der Waals surface area contributed by atoms with Crippen molar-refractivity contribution in [2.75, 3.05) is 7.11 Å². The molecule has 7 heteroatoms. The van der Waals surface area contributed by atoms with Gasteiger partial charge >= 0.3 is 11.9 Å². The summed E-state index contributed by atoms with van der Waals surface area (Å²) >= 11 is 0. The molecule has 0 amide bonds. The molecule has 0 N–H and O–H groups in total. The van der Waals surface area contributed by atoms with Crippen LogP contribution in [0, 0.1) is 16.0 Å². The molecule has 1 fully saturated rings. The molecule has 0 aliphatic heterocycles. The molecule has 0 atom stereocenters. The zero-order chi connectivity index (χ0) is 15.4. The number of non-ortho nitro benzene ring substituents is 1. The number of nitro groups is 1. The van der Waals surface area contributed by atoms with Crippen LogP contribution in [0.15, 0.2) is 24.3 Å². The molecule has 7 nitrogen and oxygen atoms in total. The fourth-order valence-corrected chi connectivity index (χ4v) is 2.20. The van der Waals surface area contributed by atoms with Gasteiger partial charge in [0.25, 0.3) is 5.69 Å². The lowest BCUT2D eigenvalue weighted by Gasteiger charge is -2.33. The number of ether oxygens (including phenoxy) is 2. The minimum Gasteiger partial charge on any atom is -0.469 e. The lowest BCUT2D eigenvalue weighted by Crippen LogP contribution is -2.34. The Morgan fingerprint density at radius 2 is 1.90 bits per heavy atom. The second-order valence-corrected chi connectivity index (χ2v) is 4.95. The predicted molar refractivity (Wildman–Crippen MR) is 71.7 cm³/mol. The normalized spacial score (nSPS) is 20.2. The first kappa shape index (κ1) is 15.0. The molecule has 1 saturated carbocycles. The molecule has 0 radical (unpaired) electrons. The molecule has 0 unspecified atom stereocenters. The summed E-state index contributed by atoms with van der Waals surface area (Å²) in [5.41, 5.74) is 0.199. The topological polar surface area (TPSA) is 95.7 Å². The summed E-state index contributed by atoms with van der Waals surface area (Å²) in [5.74, 6) is -0.585. The fourth-order valence-electron chi connectivity index (χ4n) is 2.20. The van der Waals surface area contributed by atoms with Gasteiger partial charge in [-0.2, -0.15) is 0 Å². The largest absolute Gasteiger partial charge is 0.469 e. The third-order valence-electron chi connectivity index (χ3n) is 3.46.